The standard InChI is InChI=1S/C11H15N5O4S/c1-14(7-8(17)12-3-5-20-2)9-10(16(18)19)15-4-6-21-11(15)13-9/h4,6H,3,5,7H2,1-2H3,(H,12,17). The summed E-state index contributed by atoms with van der Waals surface area (Å²) in [6, 6.07) is 0. The van der Waals surface area contributed by atoms with E-state index in [4.69, 9.17) is 4.74 Å². The first-order valence-electron chi connectivity index (χ1n) is 6.11. The maximum atomic E-state index is 11.7. The molecule has 10 heteroatoms. The van der Waals surface area contributed by atoms with Crippen molar-refractivity contribution in [3.8, 4) is 0 Å². The number of hydrogen-bond acceptors (Lipinski definition) is 7. The molecule has 0 bridgehead atoms. The molecular formula is C11H15N5O4S. The van der Waals surface area contributed by atoms with Crippen molar-refractivity contribution < 1.29 is 14.5 Å². The van der Waals surface area contributed by atoms with E-state index in [1.54, 1.807) is 25.7 Å². The Morgan fingerprint density at radius 3 is 3.10 bits per heavy atom. The fourth-order valence-electron chi connectivity index (χ4n) is 1.83. The third kappa shape index (κ3) is 3.28. The lowest BCUT2D eigenvalue weighted by atomic mass is 10.4. The Morgan fingerprint density at radius 2 is 2.43 bits per heavy atom. The van der Waals surface area contributed by atoms with Gasteiger partial charge in [0.05, 0.1) is 13.2 Å². The van der Waals surface area contributed by atoms with Crippen LogP contribution in [0.2, 0.25) is 0 Å². The summed E-state index contributed by atoms with van der Waals surface area (Å²) in [5.74, 6) is -0.215. The van der Waals surface area contributed by atoms with Gasteiger partial charge >= 0.3 is 5.82 Å². The Bertz CT molecular complexity index is 652. The second kappa shape index (κ2) is 6.50. The molecule has 0 aliphatic heterocycles. The lowest BCUT2D eigenvalue weighted by Crippen LogP contribution is -2.37. The monoisotopic (exact) mass is 313 g/mol. The molecule has 0 unspecified atom stereocenters. The molecule has 9 nitrogen and oxygen atoms in total. The van der Waals surface area contributed by atoms with Crippen LogP contribution < -0.4 is 10.2 Å². The first kappa shape index (κ1) is 15.2. The highest BCUT2D eigenvalue weighted by atomic mass is 32.1. The molecule has 1 N–H and O–H groups in total. The van der Waals surface area contributed by atoms with E-state index in [1.165, 1.54) is 20.6 Å². The van der Waals surface area contributed by atoms with Gasteiger partial charge in [0.15, 0.2) is 0 Å². The summed E-state index contributed by atoms with van der Waals surface area (Å²) >= 11 is 1.30. The summed E-state index contributed by atoms with van der Waals surface area (Å²) in [5.41, 5.74) is 0. The van der Waals surface area contributed by atoms with Crippen molar-refractivity contribution in [2.45, 2.75) is 0 Å². The number of aromatic nitrogens is 2. The lowest BCUT2D eigenvalue weighted by Gasteiger charge is -2.15. The maximum absolute atomic E-state index is 11.7. The van der Waals surface area contributed by atoms with Gasteiger partial charge in [0.1, 0.15) is 6.20 Å². The van der Waals surface area contributed by atoms with Gasteiger partial charge in [-0.2, -0.15) is 9.38 Å². The van der Waals surface area contributed by atoms with Crippen LogP contribution in [0.25, 0.3) is 4.96 Å². The maximum Gasteiger partial charge on any atom is 0.373 e. The van der Waals surface area contributed by atoms with Gasteiger partial charge in [-0.15, -0.1) is 0 Å². The summed E-state index contributed by atoms with van der Waals surface area (Å²) in [7, 11) is 3.13. The number of carbonyl (C=O) groups is 1. The van der Waals surface area contributed by atoms with E-state index in [0.717, 1.165) is 0 Å². The van der Waals surface area contributed by atoms with E-state index in [0.29, 0.717) is 18.1 Å². The molecule has 0 atom stereocenters. The van der Waals surface area contributed by atoms with E-state index in [-0.39, 0.29) is 24.1 Å². The first-order chi connectivity index (χ1) is 10.0. The van der Waals surface area contributed by atoms with Crippen LogP contribution in [-0.4, -0.2) is 54.1 Å². The molecule has 21 heavy (non-hydrogen) atoms. The summed E-state index contributed by atoms with van der Waals surface area (Å²) in [5, 5.41) is 15.6. The third-order valence-electron chi connectivity index (χ3n) is 2.76. The SMILES string of the molecule is COCCNC(=O)CN(C)c1nc2sccn2c1[N+](=O)[O-]. The Hall–Kier alpha value is -2.20. The van der Waals surface area contributed by atoms with E-state index in [2.05, 4.69) is 10.3 Å². The van der Waals surface area contributed by atoms with Crippen LogP contribution in [0.15, 0.2) is 11.6 Å². The van der Waals surface area contributed by atoms with Crippen molar-refractivity contribution in [2.24, 2.45) is 0 Å². The Morgan fingerprint density at radius 1 is 1.67 bits per heavy atom. The molecule has 0 aromatic carbocycles. The summed E-state index contributed by atoms with van der Waals surface area (Å²) < 4.78 is 6.23. The molecule has 1 amide bonds. The number of amides is 1. The molecule has 2 rings (SSSR count). The van der Waals surface area contributed by atoms with Gasteiger partial charge in [0.25, 0.3) is 4.96 Å². The fourth-order valence-corrected chi connectivity index (χ4v) is 2.53. The summed E-state index contributed by atoms with van der Waals surface area (Å²) in [4.78, 5) is 28.6. The zero-order valence-electron chi connectivity index (χ0n) is 11.6. The van der Waals surface area contributed by atoms with Crippen molar-refractivity contribution in [1.29, 1.82) is 0 Å². The number of fused-ring (bicyclic) bond motifs is 1. The largest absolute Gasteiger partial charge is 0.383 e. The number of carbonyl (C=O) groups excluding carboxylic acids is 1. The number of anilines is 1. The van der Waals surface area contributed by atoms with Crippen LogP contribution in [0, 0.1) is 10.1 Å². The molecule has 2 heterocycles. The van der Waals surface area contributed by atoms with Crippen LogP contribution in [0.3, 0.4) is 0 Å². The average Bonchev–Trinajstić information content (AvgIpc) is 2.97. The smallest absolute Gasteiger partial charge is 0.373 e. The summed E-state index contributed by atoms with van der Waals surface area (Å²) in [6.45, 7) is 0.786. The number of nitro groups is 1. The quantitative estimate of drug-likeness (QED) is 0.454. The topological polar surface area (TPSA) is 102 Å². The molecule has 0 aliphatic carbocycles. The second-order valence-electron chi connectivity index (χ2n) is 4.27. The molecular weight excluding hydrogens is 298 g/mol. The number of ether oxygens (including phenoxy) is 1. The van der Waals surface area contributed by atoms with Gasteiger partial charge in [-0.25, -0.2) is 0 Å². The first-order valence-corrected chi connectivity index (χ1v) is 6.99. The number of methoxy groups -OCH3 is 1. The molecule has 0 radical (unpaired) electrons. The van der Waals surface area contributed by atoms with Gasteiger partial charge in [-0.3, -0.25) is 4.79 Å². The molecule has 2 aromatic rings. The zero-order chi connectivity index (χ0) is 15.4. The number of hydrogen-bond donors (Lipinski definition) is 1. The average molecular weight is 313 g/mol. The van der Waals surface area contributed by atoms with E-state index in [1.807, 2.05) is 0 Å². The van der Waals surface area contributed by atoms with Gasteiger partial charge in [0, 0.05) is 26.1 Å². The van der Waals surface area contributed by atoms with E-state index in [9.17, 15) is 14.9 Å². The van der Waals surface area contributed by atoms with E-state index >= 15 is 0 Å². The molecule has 0 fully saturated rings. The van der Waals surface area contributed by atoms with Crippen LogP contribution in [-0.2, 0) is 9.53 Å². The second-order valence-corrected chi connectivity index (χ2v) is 5.14. The number of imidazole rings is 1. The highest BCUT2D eigenvalue weighted by Gasteiger charge is 2.27. The number of likely N-dealkylation sites (N-methyl/N-ethyl adjacent to an activating group) is 1. The molecule has 0 saturated heterocycles. The fraction of sp³-hybridized carbons (Fsp3) is 0.455. The van der Waals surface area contributed by atoms with Crippen LogP contribution in [0.5, 0.6) is 0 Å². The van der Waals surface area contributed by atoms with Crippen molar-refractivity contribution in [1.82, 2.24) is 14.7 Å². The van der Waals surface area contributed by atoms with Gasteiger partial charge in [-0.1, -0.05) is 11.3 Å². The Labute approximate surface area is 124 Å². The predicted molar refractivity (Wildman–Crippen MR) is 77.9 cm³/mol. The normalized spacial score (nSPS) is 10.8. The predicted octanol–water partition coefficient (Wildman–Crippen LogP) is 0.503. The third-order valence-corrected chi connectivity index (χ3v) is 3.52. The number of nitrogens with zero attached hydrogens (tertiary/aromatic N) is 4. The van der Waals surface area contributed by atoms with Crippen LogP contribution in [0.1, 0.15) is 0 Å². The Balaban J connectivity index is 2.13. The van der Waals surface area contributed by atoms with Crippen molar-refractivity contribution >= 4 is 33.8 Å². The minimum atomic E-state index is -0.499. The van der Waals surface area contributed by atoms with Crippen LogP contribution >= 0.6 is 11.3 Å². The molecule has 0 spiro atoms. The van der Waals surface area contributed by atoms with Crippen LogP contribution in [0.4, 0.5) is 11.6 Å². The van der Waals surface area contributed by atoms with Gasteiger partial charge in [-0.05, 0) is 4.92 Å². The highest BCUT2D eigenvalue weighted by Crippen LogP contribution is 2.30. The van der Waals surface area contributed by atoms with Gasteiger partial charge < -0.3 is 25.1 Å². The molecule has 114 valence electrons. The zero-order valence-corrected chi connectivity index (χ0v) is 12.4. The highest BCUT2D eigenvalue weighted by molar-refractivity contribution is 7.15. The van der Waals surface area contributed by atoms with Crippen molar-refractivity contribution in [3.63, 3.8) is 0 Å². The van der Waals surface area contributed by atoms with Crippen molar-refractivity contribution in [3.05, 3.63) is 21.7 Å². The number of nitrogens with one attached hydrogen (secondary N) is 1. The molecule has 0 saturated carbocycles. The van der Waals surface area contributed by atoms with Crippen molar-refractivity contribution in [2.75, 3.05) is 38.8 Å². The molecule has 2 aromatic heterocycles. The minimum Gasteiger partial charge on any atom is -0.383 e. The number of thiazole rings is 1. The molecule has 0 aliphatic rings. The van der Waals surface area contributed by atoms with Gasteiger partial charge in [0.2, 0.25) is 11.7 Å². The minimum absolute atomic E-state index is 0.0185. The van der Waals surface area contributed by atoms with E-state index < -0.39 is 4.92 Å². The Kier molecular flexibility index (Phi) is 4.70. The number of rotatable bonds is 7. The summed E-state index contributed by atoms with van der Waals surface area (Å²) in [6.07, 6.45) is 1.58. The lowest BCUT2D eigenvalue weighted by molar-refractivity contribution is -0.389.